The maximum absolute atomic E-state index is 2.66. The number of allylic oxidation sites excluding steroid dienone is 2. The molecule has 0 amide bonds. The third-order valence-electron chi connectivity index (χ3n) is 10.9. The Bertz CT molecular complexity index is 2170. The summed E-state index contributed by atoms with van der Waals surface area (Å²) in [5.74, 6) is 1.04. The van der Waals surface area contributed by atoms with Crippen LogP contribution in [0.2, 0.25) is 13.1 Å². The van der Waals surface area contributed by atoms with Gasteiger partial charge in [-0.2, -0.15) is 0 Å². The fraction of sp³-hybridized carbons (Fsp3) is 0.217. The summed E-state index contributed by atoms with van der Waals surface area (Å²) < 4.78 is 1.20. The van der Waals surface area contributed by atoms with E-state index >= 15 is 0 Å². The van der Waals surface area contributed by atoms with Gasteiger partial charge in [-0.3, -0.25) is 0 Å². The van der Waals surface area contributed by atoms with E-state index in [1.807, 2.05) is 0 Å². The van der Waals surface area contributed by atoms with E-state index in [0.717, 1.165) is 0 Å². The van der Waals surface area contributed by atoms with Crippen LogP contribution in [0.5, 0.6) is 0 Å². The Kier molecular flexibility index (Phi) is 11.0. The van der Waals surface area contributed by atoms with E-state index in [2.05, 4.69) is 174 Å². The maximum Gasteiger partial charge on any atom is -0.147 e. The van der Waals surface area contributed by atoms with Crippen LogP contribution in [0.25, 0.3) is 56.0 Å². The van der Waals surface area contributed by atoms with Crippen molar-refractivity contribution in [2.24, 2.45) is 11.8 Å². The Balaban J connectivity index is 0.00000216. The van der Waals surface area contributed by atoms with Crippen molar-refractivity contribution >= 4 is 63.9 Å². The Morgan fingerprint density at radius 2 is 0.820 bits per heavy atom. The summed E-state index contributed by atoms with van der Waals surface area (Å²) in [5.41, 5.74) is 14.6. The van der Waals surface area contributed by atoms with E-state index in [4.69, 9.17) is 0 Å². The van der Waals surface area contributed by atoms with Gasteiger partial charge >= 0.3 is 296 Å². The minimum atomic E-state index is -2.31. The zero-order valence-electron chi connectivity index (χ0n) is 29.8. The monoisotopic (exact) mass is 786 g/mol. The molecule has 2 aliphatic rings. The average molecular weight is 789 g/mol. The number of halogens is 2. The van der Waals surface area contributed by atoms with Crippen LogP contribution in [0.4, 0.5) is 0 Å². The van der Waals surface area contributed by atoms with Gasteiger partial charge in [-0.1, -0.05) is 0 Å². The van der Waals surface area contributed by atoms with Crippen molar-refractivity contribution in [1.82, 2.24) is 0 Å². The normalized spacial score (nSPS) is 16.1. The molecule has 0 aromatic heterocycles. The van der Waals surface area contributed by atoms with Crippen molar-refractivity contribution in [3.8, 4) is 22.3 Å². The van der Waals surface area contributed by atoms with Crippen LogP contribution in [0, 0.1) is 11.8 Å². The molecular formula is C46H46Cl2SiZr. The SMILES string of the molecule is CC(C)C1=Cc2c(-c3cccc4ccccc34)cccc2[CH]1[Zr]([CH]1C(C(C)C)=Cc2c(-c3cccc4ccccc34)cccc21)=[Si](C)C.Cl.Cl. The van der Waals surface area contributed by atoms with E-state index in [9.17, 15) is 0 Å². The molecule has 252 valence electrons. The topological polar surface area (TPSA) is 0 Å². The van der Waals surface area contributed by atoms with Gasteiger partial charge in [-0.25, -0.2) is 0 Å². The van der Waals surface area contributed by atoms with E-state index in [-0.39, 0.29) is 24.8 Å². The molecule has 2 atom stereocenters. The van der Waals surface area contributed by atoms with Crippen molar-refractivity contribution in [2.75, 3.05) is 0 Å². The van der Waals surface area contributed by atoms with Crippen molar-refractivity contribution in [3.63, 3.8) is 0 Å². The predicted molar refractivity (Wildman–Crippen MR) is 222 cm³/mol. The Hall–Kier alpha value is -3.00. The summed E-state index contributed by atoms with van der Waals surface area (Å²) >= 11 is -2.31. The largest absolute Gasteiger partial charge is 0.147 e. The first-order valence-electron chi connectivity index (χ1n) is 17.7. The molecule has 0 aliphatic heterocycles. The third kappa shape index (κ3) is 6.15. The first-order chi connectivity index (χ1) is 23.3. The number of hydrogen-bond acceptors (Lipinski definition) is 0. The molecule has 0 fully saturated rings. The van der Waals surface area contributed by atoms with Gasteiger partial charge in [-0.15, -0.1) is 24.8 Å². The number of benzene rings is 6. The zero-order valence-corrected chi connectivity index (χ0v) is 34.9. The van der Waals surface area contributed by atoms with E-state index < -0.39 is 25.8 Å². The van der Waals surface area contributed by atoms with E-state index in [1.54, 1.807) is 22.3 Å². The fourth-order valence-electron chi connectivity index (χ4n) is 8.68. The second-order valence-corrected chi connectivity index (χ2v) is 32.5. The Morgan fingerprint density at radius 3 is 1.22 bits per heavy atom. The molecule has 0 saturated heterocycles. The molecule has 0 radical (unpaired) electrons. The van der Waals surface area contributed by atoms with Crippen LogP contribution < -0.4 is 0 Å². The molecule has 0 saturated carbocycles. The number of hydrogen-bond donors (Lipinski definition) is 0. The molecule has 6 aromatic carbocycles. The molecule has 2 unspecified atom stereocenters. The quantitative estimate of drug-likeness (QED) is 0.148. The second kappa shape index (κ2) is 14.9. The summed E-state index contributed by atoms with van der Waals surface area (Å²) in [7, 11) is 0. The first-order valence-corrected chi connectivity index (χ1v) is 26.7. The van der Waals surface area contributed by atoms with Gasteiger partial charge in [0.2, 0.25) is 0 Å². The molecule has 0 nitrogen and oxygen atoms in total. The van der Waals surface area contributed by atoms with Crippen LogP contribution in [-0.4, -0.2) is 5.43 Å². The van der Waals surface area contributed by atoms with Gasteiger partial charge in [0.1, 0.15) is 0 Å². The summed E-state index contributed by atoms with van der Waals surface area (Å²) in [6.07, 6.45) is 5.29. The van der Waals surface area contributed by atoms with E-state index in [0.29, 0.717) is 19.1 Å². The molecule has 0 bridgehead atoms. The van der Waals surface area contributed by atoms with Gasteiger partial charge in [-0.05, 0) is 0 Å². The van der Waals surface area contributed by atoms with Gasteiger partial charge in [0.25, 0.3) is 0 Å². The van der Waals surface area contributed by atoms with Gasteiger partial charge in [0.15, 0.2) is 0 Å². The third-order valence-corrected chi connectivity index (χ3v) is 30.2. The molecule has 6 aromatic rings. The van der Waals surface area contributed by atoms with Crippen LogP contribution in [0.15, 0.2) is 132 Å². The van der Waals surface area contributed by atoms with Gasteiger partial charge in [0.05, 0.1) is 0 Å². The molecule has 8 rings (SSSR count). The van der Waals surface area contributed by atoms with Crippen molar-refractivity contribution < 1.29 is 20.4 Å². The molecule has 0 N–H and O–H groups in total. The Morgan fingerprint density at radius 1 is 0.460 bits per heavy atom. The summed E-state index contributed by atoms with van der Waals surface area (Å²) in [6.45, 7) is 15.1. The molecular weight excluding hydrogens is 743 g/mol. The first kappa shape index (κ1) is 36.8. The summed E-state index contributed by atoms with van der Waals surface area (Å²) in [4.78, 5) is 0. The standard InChI is InChI=1S/2C22H19.C2H6Si.2ClH.Zr/c2*1-15(2)18-13-17-9-6-12-21(22(17)14-18)20-11-5-8-16-7-3-4-10-19(16)20;1-3-2;;;/h2*3-15H,1-2H3;1-2H3;2*1H;. The van der Waals surface area contributed by atoms with Crippen LogP contribution in [0.1, 0.15) is 57.2 Å². The molecule has 0 spiro atoms. The maximum atomic E-state index is 2.66. The zero-order chi connectivity index (χ0) is 33.1. The van der Waals surface area contributed by atoms with Crippen LogP contribution in [-0.2, 0) is 20.4 Å². The minimum absolute atomic E-state index is 0. The smallest absolute Gasteiger partial charge is 0.147 e. The Labute approximate surface area is 318 Å². The summed E-state index contributed by atoms with van der Waals surface area (Å²) in [5, 5.41) is 5.33. The molecule has 50 heavy (non-hydrogen) atoms. The molecule has 0 heterocycles. The second-order valence-electron chi connectivity index (χ2n) is 14.6. The molecule has 2 aliphatic carbocycles. The summed E-state index contributed by atoms with van der Waals surface area (Å²) in [6, 6.07) is 45.9. The predicted octanol–water partition coefficient (Wildman–Crippen LogP) is 13.9. The van der Waals surface area contributed by atoms with Gasteiger partial charge in [0, 0.05) is 0 Å². The minimum Gasteiger partial charge on any atom is -0.147 e. The molecule has 4 heteroatoms. The van der Waals surface area contributed by atoms with Crippen molar-refractivity contribution in [3.05, 3.63) is 155 Å². The van der Waals surface area contributed by atoms with Gasteiger partial charge < -0.3 is 0 Å². The average Bonchev–Trinajstić information content (AvgIpc) is 3.68. The van der Waals surface area contributed by atoms with Crippen molar-refractivity contribution in [1.29, 1.82) is 0 Å². The van der Waals surface area contributed by atoms with E-state index in [1.165, 1.54) is 54.9 Å². The number of fused-ring (bicyclic) bond motifs is 4. The van der Waals surface area contributed by atoms with Crippen molar-refractivity contribution in [2.45, 2.75) is 48.0 Å². The van der Waals surface area contributed by atoms with Crippen LogP contribution in [0.3, 0.4) is 0 Å². The fourth-order valence-corrected chi connectivity index (χ4v) is 29.7. The van der Waals surface area contributed by atoms with Crippen LogP contribution >= 0.6 is 24.8 Å². The number of rotatable bonds is 6.